The SMILES string of the molecule is CCOc1cccc2cc(C(=O)Nc3nnc(-c4cccc(OC)c4)o3)oc12. The number of fused-ring (bicyclic) bond motifs is 1. The molecule has 8 nitrogen and oxygen atoms in total. The molecule has 142 valence electrons. The number of carbonyl (C=O) groups excluding carboxylic acids is 1. The number of anilines is 1. The van der Waals surface area contributed by atoms with E-state index in [4.69, 9.17) is 18.3 Å². The summed E-state index contributed by atoms with van der Waals surface area (Å²) >= 11 is 0. The van der Waals surface area contributed by atoms with E-state index in [0.717, 1.165) is 5.39 Å². The monoisotopic (exact) mass is 379 g/mol. The zero-order valence-corrected chi connectivity index (χ0v) is 15.3. The molecule has 0 bridgehead atoms. The van der Waals surface area contributed by atoms with E-state index in [1.165, 1.54) is 0 Å². The summed E-state index contributed by atoms with van der Waals surface area (Å²) in [6, 6.07) is 14.2. The van der Waals surface area contributed by atoms with Gasteiger partial charge in [0.1, 0.15) is 5.75 Å². The molecule has 0 radical (unpaired) electrons. The molecule has 0 fully saturated rings. The van der Waals surface area contributed by atoms with Crippen molar-refractivity contribution in [3.8, 4) is 23.0 Å². The number of para-hydroxylation sites is 1. The highest BCUT2D eigenvalue weighted by Crippen LogP contribution is 2.29. The molecule has 0 saturated heterocycles. The molecular formula is C20H17N3O5. The maximum absolute atomic E-state index is 12.5. The van der Waals surface area contributed by atoms with Gasteiger partial charge in [0.15, 0.2) is 17.1 Å². The zero-order valence-electron chi connectivity index (χ0n) is 15.3. The topological polar surface area (TPSA) is 99.6 Å². The lowest BCUT2D eigenvalue weighted by atomic mass is 10.2. The predicted molar refractivity (Wildman–Crippen MR) is 102 cm³/mol. The van der Waals surface area contributed by atoms with E-state index in [-0.39, 0.29) is 17.7 Å². The van der Waals surface area contributed by atoms with Crippen LogP contribution in [0.5, 0.6) is 11.5 Å². The largest absolute Gasteiger partial charge is 0.497 e. The molecule has 0 aliphatic heterocycles. The van der Waals surface area contributed by atoms with Gasteiger partial charge in [-0.1, -0.05) is 23.3 Å². The number of hydrogen-bond donors (Lipinski definition) is 1. The van der Waals surface area contributed by atoms with Crippen LogP contribution in [0.15, 0.2) is 57.4 Å². The van der Waals surface area contributed by atoms with Gasteiger partial charge in [-0.3, -0.25) is 10.1 Å². The van der Waals surface area contributed by atoms with Gasteiger partial charge in [-0.15, -0.1) is 5.10 Å². The molecule has 28 heavy (non-hydrogen) atoms. The van der Waals surface area contributed by atoms with Crippen molar-refractivity contribution >= 4 is 22.9 Å². The predicted octanol–water partition coefficient (Wildman–Crippen LogP) is 4.14. The van der Waals surface area contributed by atoms with E-state index in [1.807, 2.05) is 19.1 Å². The van der Waals surface area contributed by atoms with E-state index in [0.29, 0.717) is 29.3 Å². The van der Waals surface area contributed by atoms with Crippen LogP contribution < -0.4 is 14.8 Å². The number of benzene rings is 2. The van der Waals surface area contributed by atoms with Crippen LogP contribution in [-0.2, 0) is 0 Å². The van der Waals surface area contributed by atoms with Gasteiger partial charge in [0.25, 0.3) is 5.91 Å². The third kappa shape index (κ3) is 3.39. The molecule has 4 aromatic rings. The van der Waals surface area contributed by atoms with Crippen LogP contribution in [-0.4, -0.2) is 29.8 Å². The van der Waals surface area contributed by atoms with Crippen LogP contribution in [0.1, 0.15) is 17.5 Å². The average Bonchev–Trinajstić information content (AvgIpc) is 3.36. The Morgan fingerprint density at radius 3 is 2.79 bits per heavy atom. The molecule has 2 aromatic carbocycles. The molecule has 0 aliphatic rings. The maximum Gasteiger partial charge on any atom is 0.322 e. The quantitative estimate of drug-likeness (QED) is 0.537. The summed E-state index contributed by atoms with van der Waals surface area (Å²) in [6.07, 6.45) is 0. The molecule has 4 rings (SSSR count). The number of ether oxygens (including phenoxy) is 2. The highest BCUT2D eigenvalue weighted by molar-refractivity contribution is 6.04. The third-order valence-electron chi connectivity index (χ3n) is 3.99. The number of aromatic nitrogens is 2. The minimum Gasteiger partial charge on any atom is -0.497 e. The van der Waals surface area contributed by atoms with Crippen molar-refractivity contribution in [2.75, 3.05) is 19.0 Å². The first-order valence-electron chi connectivity index (χ1n) is 8.62. The van der Waals surface area contributed by atoms with Gasteiger partial charge in [0.05, 0.1) is 13.7 Å². The number of nitrogens with one attached hydrogen (secondary N) is 1. The van der Waals surface area contributed by atoms with Crippen LogP contribution in [0.25, 0.3) is 22.4 Å². The Bertz CT molecular complexity index is 1130. The Labute approximate surface area is 160 Å². The standard InChI is InChI=1S/C20H17N3O5/c1-3-26-15-9-5-6-12-11-16(27-17(12)15)18(24)21-20-23-22-19(28-20)13-7-4-8-14(10-13)25-2/h4-11H,3H2,1-2H3,(H,21,23,24). The maximum atomic E-state index is 12.5. The lowest BCUT2D eigenvalue weighted by Crippen LogP contribution is -2.10. The van der Waals surface area contributed by atoms with Crippen molar-refractivity contribution in [2.24, 2.45) is 0 Å². The lowest BCUT2D eigenvalue weighted by molar-refractivity contribution is 0.0995. The first kappa shape index (κ1) is 17.6. The molecule has 2 heterocycles. The Kier molecular flexibility index (Phi) is 4.67. The van der Waals surface area contributed by atoms with Gasteiger partial charge in [0, 0.05) is 10.9 Å². The van der Waals surface area contributed by atoms with Crippen molar-refractivity contribution in [1.29, 1.82) is 0 Å². The summed E-state index contributed by atoms with van der Waals surface area (Å²) < 4.78 is 21.9. The fourth-order valence-electron chi connectivity index (χ4n) is 2.72. The minimum absolute atomic E-state index is 0.0340. The van der Waals surface area contributed by atoms with Crippen molar-refractivity contribution in [2.45, 2.75) is 6.92 Å². The van der Waals surface area contributed by atoms with E-state index < -0.39 is 5.91 Å². The fourth-order valence-corrected chi connectivity index (χ4v) is 2.72. The van der Waals surface area contributed by atoms with Gasteiger partial charge in [-0.05, 0) is 37.3 Å². The van der Waals surface area contributed by atoms with Crippen molar-refractivity contribution in [3.05, 3.63) is 54.3 Å². The molecule has 2 aromatic heterocycles. The molecule has 0 unspecified atom stereocenters. The molecule has 8 heteroatoms. The Balaban J connectivity index is 1.55. The van der Waals surface area contributed by atoms with Crippen molar-refractivity contribution < 1.29 is 23.1 Å². The van der Waals surface area contributed by atoms with E-state index in [1.54, 1.807) is 43.5 Å². The van der Waals surface area contributed by atoms with Crippen LogP contribution in [0.4, 0.5) is 6.01 Å². The summed E-state index contributed by atoms with van der Waals surface area (Å²) in [5.41, 5.74) is 1.19. The number of amides is 1. The lowest BCUT2D eigenvalue weighted by Gasteiger charge is -2.02. The number of furan rings is 1. The first-order valence-corrected chi connectivity index (χ1v) is 8.62. The highest BCUT2D eigenvalue weighted by Gasteiger charge is 2.18. The van der Waals surface area contributed by atoms with Crippen molar-refractivity contribution in [3.63, 3.8) is 0 Å². The number of nitrogens with zero attached hydrogens (tertiary/aromatic N) is 2. The molecule has 0 saturated carbocycles. The second-order valence-corrected chi connectivity index (χ2v) is 5.82. The smallest absolute Gasteiger partial charge is 0.322 e. The fraction of sp³-hybridized carbons (Fsp3) is 0.150. The van der Waals surface area contributed by atoms with Gasteiger partial charge >= 0.3 is 6.01 Å². The number of methoxy groups -OCH3 is 1. The molecule has 0 aliphatic carbocycles. The number of rotatable bonds is 6. The molecule has 0 atom stereocenters. The Hall–Kier alpha value is -3.81. The van der Waals surface area contributed by atoms with Gasteiger partial charge in [-0.25, -0.2) is 0 Å². The summed E-state index contributed by atoms with van der Waals surface area (Å²) in [7, 11) is 1.57. The summed E-state index contributed by atoms with van der Waals surface area (Å²) in [4.78, 5) is 12.5. The van der Waals surface area contributed by atoms with E-state index in [2.05, 4.69) is 15.5 Å². The molecular weight excluding hydrogens is 362 g/mol. The van der Waals surface area contributed by atoms with Gasteiger partial charge in [0.2, 0.25) is 5.89 Å². The van der Waals surface area contributed by atoms with Crippen LogP contribution in [0, 0.1) is 0 Å². The third-order valence-corrected chi connectivity index (χ3v) is 3.99. The Morgan fingerprint density at radius 2 is 1.96 bits per heavy atom. The normalized spacial score (nSPS) is 10.8. The summed E-state index contributed by atoms with van der Waals surface area (Å²) in [5, 5.41) is 11.1. The van der Waals surface area contributed by atoms with E-state index >= 15 is 0 Å². The number of hydrogen-bond acceptors (Lipinski definition) is 7. The van der Waals surface area contributed by atoms with Crippen LogP contribution in [0.3, 0.4) is 0 Å². The van der Waals surface area contributed by atoms with Crippen LogP contribution in [0.2, 0.25) is 0 Å². The number of carbonyl (C=O) groups is 1. The average molecular weight is 379 g/mol. The van der Waals surface area contributed by atoms with Crippen LogP contribution >= 0.6 is 0 Å². The molecule has 1 amide bonds. The Morgan fingerprint density at radius 1 is 1.11 bits per heavy atom. The molecule has 0 spiro atoms. The van der Waals surface area contributed by atoms with Crippen molar-refractivity contribution in [1.82, 2.24) is 10.2 Å². The zero-order chi connectivity index (χ0) is 19.5. The first-order chi connectivity index (χ1) is 13.7. The van der Waals surface area contributed by atoms with E-state index in [9.17, 15) is 4.79 Å². The highest BCUT2D eigenvalue weighted by atomic mass is 16.5. The molecule has 1 N–H and O–H groups in total. The summed E-state index contributed by atoms with van der Waals surface area (Å²) in [6.45, 7) is 2.38. The van der Waals surface area contributed by atoms with Gasteiger partial charge < -0.3 is 18.3 Å². The second-order valence-electron chi connectivity index (χ2n) is 5.82. The van der Waals surface area contributed by atoms with Gasteiger partial charge in [-0.2, -0.15) is 0 Å². The minimum atomic E-state index is -0.500. The summed E-state index contributed by atoms with van der Waals surface area (Å²) in [5.74, 6) is 1.12. The second kappa shape index (κ2) is 7.43.